The maximum absolute atomic E-state index is 14.2. The molecule has 2 fully saturated rings. The molecule has 1 heterocycles. The van der Waals surface area contributed by atoms with Crippen molar-refractivity contribution >= 4 is 5.97 Å². The van der Waals surface area contributed by atoms with Crippen LogP contribution in [0.5, 0.6) is 5.75 Å². The Morgan fingerprint density at radius 1 is 1.18 bits per heavy atom. The van der Waals surface area contributed by atoms with Crippen LogP contribution in [0, 0.1) is 17.6 Å². The van der Waals surface area contributed by atoms with Crippen molar-refractivity contribution in [3.63, 3.8) is 0 Å². The Morgan fingerprint density at radius 2 is 1.86 bits per heavy atom. The molecule has 1 saturated carbocycles. The minimum Gasteiger partial charge on any atom is -0.491 e. The van der Waals surface area contributed by atoms with Gasteiger partial charge in [-0.1, -0.05) is 6.07 Å². The molecule has 1 saturated heterocycles. The van der Waals surface area contributed by atoms with Gasteiger partial charge in [-0.15, -0.1) is 0 Å². The zero-order chi connectivity index (χ0) is 15.7. The van der Waals surface area contributed by atoms with Gasteiger partial charge in [0.1, 0.15) is 6.10 Å². The van der Waals surface area contributed by atoms with E-state index in [-0.39, 0.29) is 23.7 Å². The van der Waals surface area contributed by atoms with Crippen molar-refractivity contribution in [2.45, 2.75) is 51.0 Å². The summed E-state index contributed by atoms with van der Waals surface area (Å²) >= 11 is 0. The molecule has 1 aliphatic carbocycles. The minimum atomic E-state index is -0.894. The van der Waals surface area contributed by atoms with Crippen molar-refractivity contribution in [3.8, 4) is 5.75 Å². The molecule has 1 aromatic rings. The van der Waals surface area contributed by atoms with Gasteiger partial charge >= 0.3 is 5.97 Å². The molecule has 0 aromatic heterocycles. The number of benzene rings is 1. The summed E-state index contributed by atoms with van der Waals surface area (Å²) in [6, 6.07) is 3.15. The van der Waals surface area contributed by atoms with Gasteiger partial charge < -0.3 is 9.47 Å². The summed E-state index contributed by atoms with van der Waals surface area (Å²) in [5.74, 6) is -1.45. The van der Waals surface area contributed by atoms with Crippen LogP contribution in [0.1, 0.15) is 50.5 Å². The van der Waals surface area contributed by atoms with E-state index in [1.807, 2.05) is 0 Å². The van der Waals surface area contributed by atoms with Crippen LogP contribution in [0.4, 0.5) is 8.78 Å². The van der Waals surface area contributed by atoms with Crippen LogP contribution in [0.25, 0.3) is 0 Å². The zero-order valence-electron chi connectivity index (χ0n) is 12.6. The molecule has 120 valence electrons. The Balaban J connectivity index is 1.66. The van der Waals surface area contributed by atoms with E-state index in [9.17, 15) is 13.6 Å². The van der Waals surface area contributed by atoms with E-state index in [1.165, 1.54) is 6.07 Å². The molecule has 1 aliphatic heterocycles. The molecular formula is C17H20F2O3. The van der Waals surface area contributed by atoms with Gasteiger partial charge in [0, 0.05) is 0 Å². The van der Waals surface area contributed by atoms with E-state index in [1.54, 1.807) is 13.0 Å². The molecular weight excluding hydrogens is 290 g/mol. The van der Waals surface area contributed by atoms with Gasteiger partial charge in [0.05, 0.1) is 13.0 Å². The monoisotopic (exact) mass is 310 g/mol. The van der Waals surface area contributed by atoms with Crippen LogP contribution in [-0.4, -0.2) is 18.7 Å². The highest BCUT2D eigenvalue weighted by Crippen LogP contribution is 2.41. The molecule has 3 nitrogen and oxygen atoms in total. The van der Waals surface area contributed by atoms with Crippen LogP contribution in [0.2, 0.25) is 0 Å². The van der Waals surface area contributed by atoms with Crippen molar-refractivity contribution in [3.05, 3.63) is 29.3 Å². The highest BCUT2D eigenvalue weighted by Gasteiger charge is 2.38. The Kier molecular flexibility index (Phi) is 4.32. The number of carbonyl (C=O) groups excluding carboxylic acids is 1. The molecule has 0 radical (unpaired) electrons. The molecule has 3 rings (SSSR count). The van der Waals surface area contributed by atoms with E-state index in [2.05, 4.69) is 0 Å². The van der Waals surface area contributed by atoms with Crippen LogP contribution in [0.3, 0.4) is 0 Å². The Bertz CT molecular complexity index is 557. The van der Waals surface area contributed by atoms with Gasteiger partial charge in [0.25, 0.3) is 0 Å². The van der Waals surface area contributed by atoms with Crippen LogP contribution in [0.15, 0.2) is 12.1 Å². The van der Waals surface area contributed by atoms with Crippen molar-refractivity contribution in [1.82, 2.24) is 0 Å². The largest absolute Gasteiger partial charge is 0.491 e. The molecule has 1 aromatic carbocycles. The Labute approximate surface area is 128 Å². The topological polar surface area (TPSA) is 35.5 Å². The second-order valence-corrected chi connectivity index (χ2v) is 6.06. The lowest BCUT2D eigenvalue weighted by Crippen LogP contribution is -2.40. The van der Waals surface area contributed by atoms with Crippen molar-refractivity contribution in [2.24, 2.45) is 5.92 Å². The maximum atomic E-state index is 14.2. The smallest absolute Gasteiger partial charge is 0.309 e. The summed E-state index contributed by atoms with van der Waals surface area (Å²) in [6.45, 7) is 2.04. The number of rotatable bonds is 4. The average molecular weight is 310 g/mol. The fourth-order valence-corrected chi connectivity index (χ4v) is 3.52. The summed E-state index contributed by atoms with van der Waals surface area (Å²) in [6.07, 6.45) is 3.90. The third-order valence-corrected chi connectivity index (χ3v) is 4.76. The van der Waals surface area contributed by atoms with E-state index in [0.717, 1.165) is 25.7 Å². The van der Waals surface area contributed by atoms with Gasteiger partial charge in [0.15, 0.2) is 11.6 Å². The van der Waals surface area contributed by atoms with Gasteiger partial charge in [-0.2, -0.15) is 4.39 Å². The van der Waals surface area contributed by atoms with Crippen molar-refractivity contribution < 1.29 is 23.0 Å². The second kappa shape index (κ2) is 6.23. The number of carbonyl (C=O) groups is 1. The number of ether oxygens (including phenoxy) is 2. The SMILES string of the molecule is CCOc1ccc(C2CCC(C3CC(=O)O3)CC2)c(F)c1F. The first-order chi connectivity index (χ1) is 10.6. The summed E-state index contributed by atoms with van der Waals surface area (Å²) in [5, 5.41) is 0. The number of hydrogen-bond acceptors (Lipinski definition) is 3. The summed E-state index contributed by atoms with van der Waals surface area (Å²) in [4.78, 5) is 10.9. The van der Waals surface area contributed by atoms with Gasteiger partial charge in [-0.05, 0) is 56.1 Å². The summed E-state index contributed by atoms with van der Waals surface area (Å²) < 4.78 is 38.4. The van der Waals surface area contributed by atoms with E-state index >= 15 is 0 Å². The normalized spacial score (nSPS) is 28.0. The quantitative estimate of drug-likeness (QED) is 0.790. The van der Waals surface area contributed by atoms with Crippen LogP contribution in [-0.2, 0) is 9.53 Å². The molecule has 0 bridgehead atoms. The highest BCUT2D eigenvalue weighted by molar-refractivity contribution is 5.75. The van der Waals surface area contributed by atoms with Crippen LogP contribution >= 0.6 is 0 Å². The lowest BCUT2D eigenvalue weighted by Gasteiger charge is -2.37. The first kappa shape index (κ1) is 15.3. The summed E-state index contributed by atoms with van der Waals surface area (Å²) in [7, 11) is 0. The summed E-state index contributed by atoms with van der Waals surface area (Å²) in [5.41, 5.74) is 0.435. The van der Waals surface area contributed by atoms with Gasteiger partial charge in [-0.25, -0.2) is 4.39 Å². The molecule has 1 atom stereocenters. The Morgan fingerprint density at radius 3 is 2.45 bits per heavy atom. The van der Waals surface area contributed by atoms with E-state index in [0.29, 0.717) is 24.5 Å². The second-order valence-electron chi connectivity index (χ2n) is 6.06. The van der Waals surface area contributed by atoms with Crippen molar-refractivity contribution in [2.75, 3.05) is 6.61 Å². The first-order valence-corrected chi connectivity index (χ1v) is 7.90. The third-order valence-electron chi connectivity index (χ3n) is 4.76. The van der Waals surface area contributed by atoms with E-state index < -0.39 is 11.6 Å². The van der Waals surface area contributed by atoms with Crippen LogP contribution < -0.4 is 4.74 Å². The van der Waals surface area contributed by atoms with Crippen molar-refractivity contribution in [1.29, 1.82) is 0 Å². The number of halogens is 2. The lowest BCUT2D eigenvalue weighted by atomic mass is 9.75. The predicted octanol–water partition coefficient (Wildman–Crippen LogP) is 3.95. The number of esters is 1. The number of hydrogen-bond donors (Lipinski definition) is 0. The first-order valence-electron chi connectivity index (χ1n) is 7.90. The molecule has 5 heteroatoms. The predicted molar refractivity (Wildman–Crippen MR) is 76.7 cm³/mol. The zero-order valence-corrected chi connectivity index (χ0v) is 12.6. The standard InChI is InChI=1S/C17H20F2O3/c1-2-21-13-8-7-12(16(18)17(13)19)10-3-5-11(6-4-10)14-9-15(20)22-14/h7-8,10-11,14H,2-6,9H2,1H3. The molecule has 2 aliphatic rings. The average Bonchev–Trinajstić information content (AvgIpc) is 2.50. The van der Waals surface area contributed by atoms with Gasteiger partial charge in [-0.3, -0.25) is 4.79 Å². The highest BCUT2D eigenvalue weighted by atomic mass is 19.2. The number of cyclic esters (lactones) is 1. The molecule has 22 heavy (non-hydrogen) atoms. The Hall–Kier alpha value is -1.65. The maximum Gasteiger partial charge on any atom is 0.309 e. The molecule has 0 spiro atoms. The molecule has 0 amide bonds. The molecule has 0 N–H and O–H groups in total. The lowest BCUT2D eigenvalue weighted by molar-refractivity contribution is -0.176. The van der Waals surface area contributed by atoms with Gasteiger partial charge in [0.2, 0.25) is 5.82 Å². The van der Waals surface area contributed by atoms with E-state index in [4.69, 9.17) is 9.47 Å². The minimum absolute atomic E-state index is 0.0252. The fourth-order valence-electron chi connectivity index (χ4n) is 3.52. The third kappa shape index (κ3) is 2.81. The fraction of sp³-hybridized carbons (Fsp3) is 0.588. The molecule has 1 unspecified atom stereocenters.